The molecule has 1 fully saturated rings. The summed E-state index contributed by atoms with van der Waals surface area (Å²) >= 11 is 0. The molecule has 0 bridgehead atoms. The van der Waals surface area contributed by atoms with Gasteiger partial charge in [-0.1, -0.05) is 12.1 Å². The van der Waals surface area contributed by atoms with Crippen molar-refractivity contribution < 1.29 is 17.9 Å². The number of nitrogens with one attached hydrogen (secondary N) is 1. The molecule has 7 heteroatoms. The monoisotopic (exact) mass is 352 g/mol. The van der Waals surface area contributed by atoms with Crippen LogP contribution in [0.25, 0.3) is 0 Å². The lowest BCUT2D eigenvalue weighted by Crippen LogP contribution is -2.31. The molecule has 1 amide bonds. The van der Waals surface area contributed by atoms with Crippen LogP contribution in [0.4, 0.5) is 0 Å². The molecule has 1 aliphatic heterocycles. The van der Waals surface area contributed by atoms with E-state index in [4.69, 9.17) is 4.74 Å². The Morgan fingerprint density at radius 1 is 1.38 bits per heavy atom. The van der Waals surface area contributed by atoms with E-state index < -0.39 is 10.0 Å². The van der Waals surface area contributed by atoms with Crippen molar-refractivity contribution in [1.82, 2.24) is 9.62 Å². The predicted molar refractivity (Wildman–Crippen MR) is 91.2 cm³/mol. The van der Waals surface area contributed by atoms with Gasteiger partial charge >= 0.3 is 0 Å². The normalized spacial score (nSPS) is 18.4. The molecular weight excluding hydrogens is 328 g/mol. The summed E-state index contributed by atoms with van der Waals surface area (Å²) in [4.78, 5) is 11.9. The lowest BCUT2D eigenvalue weighted by Gasteiger charge is -2.16. The third-order valence-electron chi connectivity index (χ3n) is 4.46. The van der Waals surface area contributed by atoms with Gasteiger partial charge in [0, 0.05) is 31.6 Å². The molecule has 1 aromatic rings. The fourth-order valence-electron chi connectivity index (χ4n) is 2.79. The van der Waals surface area contributed by atoms with E-state index in [0.717, 1.165) is 23.4 Å². The largest absolute Gasteiger partial charge is 0.492 e. The maximum atomic E-state index is 11.9. The molecule has 3 rings (SSSR count). The number of fused-ring (bicyclic) bond motifs is 1. The number of sulfonamides is 1. The first-order chi connectivity index (χ1) is 11.4. The average molecular weight is 352 g/mol. The molecule has 132 valence electrons. The van der Waals surface area contributed by atoms with Gasteiger partial charge in [0.2, 0.25) is 15.9 Å². The molecule has 24 heavy (non-hydrogen) atoms. The number of ether oxygens (including phenoxy) is 1. The Kier molecular flexibility index (Phi) is 5.10. The number of rotatable bonds is 6. The number of hydrogen-bond donors (Lipinski definition) is 1. The van der Waals surface area contributed by atoms with Crippen LogP contribution in [-0.2, 0) is 27.8 Å². The fourth-order valence-corrected chi connectivity index (χ4v) is 3.57. The highest BCUT2D eigenvalue weighted by atomic mass is 32.2. The number of amides is 1. The molecule has 2 aliphatic rings. The zero-order valence-corrected chi connectivity index (χ0v) is 14.8. The number of benzene rings is 1. The minimum Gasteiger partial charge on any atom is -0.492 e. The van der Waals surface area contributed by atoms with Gasteiger partial charge in [0.1, 0.15) is 12.4 Å². The molecule has 0 unspecified atom stereocenters. The van der Waals surface area contributed by atoms with Crippen LogP contribution < -0.4 is 10.1 Å². The zero-order chi connectivity index (χ0) is 17.2. The Hall–Kier alpha value is -1.60. The highest BCUT2D eigenvalue weighted by Gasteiger charge is 2.23. The molecule has 1 aromatic carbocycles. The molecule has 0 radical (unpaired) electrons. The fraction of sp³-hybridized carbons (Fsp3) is 0.588. The number of aryl methyl sites for hydroxylation is 1. The van der Waals surface area contributed by atoms with Gasteiger partial charge in [-0.3, -0.25) is 4.79 Å². The van der Waals surface area contributed by atoms with E-state index in [1.165, 1.54) is 23.4 Å². The first-order valence-corrected chi connectivity index (χ1v) is 10.2. The summed E-state index contributed by atoms with van der Waals surface area (Å²) in [5.74, 6) is 1.48. The van der Waals surface area contributed by atoms with Crippen molar-refractivity contribution in [3.8, 4) is 5.75 Å². The highest BCUT2D eigenvalue weighted by molar-refractivity contribution is 7.88. The maximum Gasteiger partial charge on any atom is 0.220 e. The molecule has 1 N–H and O–H groups in total. The van der Waals surface area contributed by atoms with E-state index in [-0.39, 0.29) is 5.91 Å². The van der Waals surface area contributed by atoms with Crippen LogP contribution in [0.15, 0.2) is 18.2 Å². The van der Waals surface area contributed by atoms with Gasteiger partial charge in [0.05, 0.1) is 6.26 Å². The van der Waals surface area contributed by atoms with Gasteiger partial charge in [0.15, 0.2) is 0 Å². The second-order valence-corrected chi connectivity index (χ2v) is 8.62. The molecule has 6 nitrogen and oxygen atoms in total. The molecular formula is C17H24N2O4S. The second-order valence-electron chi connectivity index (χ2n) is 6.63. The van der Waals surface area contributed by atoms with Crippen LogP contribution in [-0.4, -0.2) is 44.6 Å². The lowest BCUT2D eigenvalue weighted by molar-refractivity contribution is -0.121. The number of carbonyl (C=O) groups is 1. The smallest absolute Gasteiger partial charge is 0.220 e. The molecule has 1 saturated carbocycles. The summed E-state index contributed by atoms with van der Waals surface area (Å²) < 4.78 is 30.7. The SMILES string of the molecule is CS(=O)(=O)N1CCOc2ccc(CCC(=O)NCC3CC3)cc2C1. The first-order valence-electron chi connectivity index (χ1n) is 8.38. The van der Waals surface area contributed by atoms with Gasteiger partial charge < -0.3 is 10.1 Å². The van der Waals surface area contributed by atoms with E-state index >= 15 is 0 Å². The van der Waals surface area contributed by atoms with Crippen molar-refractivity contribution in [2.45, 2.75) is 32.2 Å². The molecule has 0 saturated heterocycles. The minimum absolute atomic E-state index is 0.0749. The molecule has 1 aliphatic carbocycles. The summed E-state index contributed by atoms with van der Waals surface area (Å²) in [7, 11) is -3.25. The topological polar surface area (TPSA) is 75.7 Å². The van der Waals surface area contributed by atoms with Crippen LogP contribution in [0.2, 0.25) is 0 Å². The van der Waals surface area contributed by atoms with Crippen molar-refractivity contribution in [2.24, 2.45) is 5.92 Å². The summed E-state index contributed by atoms with van der Waals surface area (Å²) in [5, 5.41) is 2.96. The van der Waals surface area contributed by atoms with E-state index in [0.29, 0.717) is 38.5 Å². The standard InChI is InChI=1S/C17H24N2O4S/c1-24(21,22)19-8-9-23-16-6-4-13(10-15(16)12-19)5-7-17(20)18-11-14-2-3-14/h4,6,10,14H,2-3,5,7-9,11-12H2,1H3,(H,18,20). The maximum absolute atomic E-state index is 11.9. The van der Waals surface area contributed by atoms with Gasteiger partial charge in [-0.2, -0.15) is 4.31 Å². The van der Waals surface area contributed by atoms with Crippen molar-refractivity contribution in [2.75, 3.05) is 26.0 Å². The van der Waals surface area contributed by atoms with Crippen molar-refractivity contribution >= 4 is 15.9 Å². The van der Waals surface area contributed by atoms with Crippen LogP contribution >= 0.6 is 0 Å². The van der Waals surface area contributed by atoms with E-state index in [9.17, 15) is 13.2 Å². The van der Waals surface area contributed by atoms with Gasteiger partial charge in [0.25, 0.3) is 0 Å². The van der Waals surface area contributed by atoms with Crippen LogP contribution in [0.5, 0.6) is 5.75 Å². The predicted octanol–water partition coefficient (Wildman–Crippen LogP) is 1.30. The summed E-state index contributed by atoms with van der Waals surface area (Å²) in [5.41, 5.74) is 1.88. The Morgan fingerprint density at radius 2 is 2.17 bits per heavy atom. The third-order valence-corrected chi connectivity index (χ3v) is 5.71. The minimum atomic E-state index is -3.25. The zero-order valence-electron chi connectivity index (χ0n) is 14.0. The molecule has 1 heterocycles. The van der Waals surface area contributed by atoms with E-state index in [1.54, 1.807) is 0 Å². The van der Waals surface area contributed by atoms with E-state index in [1.807, 2.05) is 18.2 Å². The van der Waals surface area contributed by atoms with Crippen molar-refractivity contribution in [3.05, 3.63) is 29.3 Å². The highest BCUT2D eigenvalue weighted by Crippen LogP contribution is 2.28. The van der Waals surface area contributed by atoms with Gasteiger partial charge in [-0.15, -0.1) is 0 Å². The first kappa shape index (κ1) is 17.2. The summed E-state index contributed by atoms with van der Waals surface area (Å²) in [6.45, 7) is 1.81. The third kappa shape index (κ3) is 4.70. The second kappa shape index (κ2) is 7.11. The summed E-state index contributed by atoms with van der Waals surface area (Å²) in [6, 6.07) is 5.77. The number of nitrogens with zero attached hydrogens (tertiary/aromatic N) is 1. The Bertz CT molecular complexity index is 713. The molecule has 0 atom stereocenters. The Morgan fingerprint density at radius 3 is 2.88 bits per heavy atom. The summed E-state index contributed by atoms with van der Waals surface area (Å²) in [6.07, 6.45) is 4.75. The van der Waals surface area contributed by atoms with Crippen LogP contribution in [0.1, 0.15) is 30.4 Å². The quantitative estimate of drug-likeness (QED) is 0.837. The Labute approximate surface area is 143 Å². The van der Waals surface area contributed by atoms with Crippen molar-refractivity contribution in [3.63, 3.8) is 0 Å². The number of carbonyl (C=O) groups excluding carboxylic acids is 1. The average Bonchev–Trinajstić information content (AvgIpc) is 3.35. The van der Waals surface area contributed by atoms with Gasteiger partial charge in [-0.25, -0.2) is 8.42 Å². The Balaban J connectivity index is 1.61. The lowest BCUT2D eigenvalue weighted by atomic mass is 10.1. The van der Waals surface area contributed by atoms with Crippen LogP contribution in [0, 0.1) is 5.92 Å². The van der Waals surface area contributed by atoms with E-state index in [2.05, 4.69) is 5.32 Å². The van der Waals surface area contributed by atoms with Crippen LogP contribution in [0.3, 0.4) is 0 Å². The molecule has 0 spiro atoms. The number of hydrogen-bond acceptors (Lipinski definition) is 4. The van der Waals surface area contributed by atoms with Crippen molar-refractivity contribution in [1.29, 1.82) is 0 Å². The molecule has 0 aromatic heterocycles. The van der Waals surface area contributed by atoms with Gasteiger partial charge in [-0.05, 0) is 36.8 Å².